The van der Waals surface area contributed by atoms with Crippen LogP contribution in [-0.4, -0.2) is 6.54 Å². The van der Waals surface area contributed by atoms with E-state index < -0.39 is 0 Å². The SMILES string of the molecule is NC[C@@H]1CC[C@H]2C[C@H]2C1. The fraction of sp³-hybridized carbons (Fsp3) is 1.00. The highest BCUT2D eigenvalue weighted by atomic mass is 14.6. The van der Waals surface area contributed by atoms with E-state index in [9.17, 15) is 0 Å². The monoisotopic (exact) mass is 125 g/mol. The molecule has 52 valence electrons. The third-order valence-electron chi connectivity index (χ3n) is 2.98. The zero-order valence-corrected chi connectivity index (χ0v) is 5.84. The summed E-state index contributed by atoms with van der Waals surface area (Å²) in [6, 6.07) is 0. The fourth-order valence-corrected chi connectivity index (χ4v) is 2.16. The van der Waals surface area contributed by atoms with E-state index in [0.717, 1.165) is 24.3 Å². The minimum atomic E-state index is 0.883. The number of rotatable bonds is 1. The summed E-state index contributed by atoms with van der Waals surface area (Å²) in [6.45, 7) is 0.934. The molecular formula is C8H15N. The fourth-order valence-electron chi connectivity index (χ4n) is 2.16. The molecular weight excluding hydrogens is 110 g/mol. The second-order valence-electron chi connectivity index (χ2n) is 3.67. The minimum absolute atomic E-state index is 0.883. The second-order valence-corrected chi connectivity index (χ2v) is 3.67. The van der Waals surface area contributed by atoms with E-state index in [2.05, 4.69) is 0 Å². The van der Waals surface area contributed by atoms with E-state index in [1.54, 1.807) is 0 Å². The van der Waals surface area contributed by atoms with E-state index in [1.807, 2.05) is 0 Å². The van der Waals surface area contributed by atoms with Crippen LogP contribution < -0.4 is 5.73 Å². The van der Waals surface area contributed by atoms with E-state index in [0.29, 0.717) is 0 Å². The lowest BCUT2D eigenvalue weighted by Gasteiger charge is -2.18. The molecule has 0 aromatic carbocycles. The van der Waals surface area contributed by atoms with Gasteiger partial charge in [0.25, 0.3) is 0 Å². The van der Waals surface area contributed by atoms with E-state index in [4.69, 9.17) is 5.73 Å². The first-order valence-corrected chi connectivity index (χ1v) is 4.10. The summed E-state index contributed by atoms with van der Waals surface area (Å²) in [5.41, 5.74) is 5.58. The van der Waals surface area contributed by atoms with Crippen LogP contribution in [0.4, 0.5) is 0 Å². The van der Waals surface area contributed by atoms with Crippen LogP contribution in [0.3, 0.4) is 0 Å². The molecule has 0 aromatic rings. The van der Waals surface area contributed by atoms with Crippen molar-refractivity contribution in [1.82, 2.24) is 0 Å². The van der Waals surface area contributed by atoms with Crippen molar-refractivity contribution in [2.75, 3.05) is 6.54 Å². The zero-order chi connectivity index (χ0) is 6.27. The molecule has 0 spiro atoms. The van der Waals surface area contributed by atoms with Crippen molar-refractivity contribution in [3.8, 4) is 0 Å². The Kier molecular flexibility index (Phi) is 1.26. The molecule has 2 aliphatic rings. The van der Waals surface area contributed by atoms with Crippen molar-refractivity contribution >= 4 is 0 Å². The molecule has 9 heavy (non-hydrogen) atoms. The van der Waals surface area contributed by atoms with Crippen LogP contribution in [0.1, 0.15) is 25.7 Å². The first-order chi connectivity index (χ1) is 4.40. The predicted molar refractivity (Wildman–Crippen MR) is 38.0 cm³/mol. The predicted octanol–water partition coefficient (Wildman–Crippen LogP) is 1.38. The lowest BCUT2D eigenvalue weighted by atomic mass is 9.90. The van der Waals surface area contributed by atoms with Crippen LogP contribution in [0.2, 0.25) is 0 Å². The molecule has 0 aliphatic heterocycles. The topological polar surface area (TPSA) is 26.0 Å². The number of fused-ring (bicyclic) bond motifs is 1. The highest BCUT2D eigenvalue weighted by molar-refractivity contribution is 4.92. The first kappa shape index (κ1) is 5.72. The summed E-state index contributed by atoms with van der Waals surface area (Å²) in [6.07, 6.45) is 5.86. The average Bonchev–Trinajstić information content (AvgIpc) is 2.64. The highest BCUT2D eigenvalue weighted by Crippen LogP contribution is 2.50. The van der Waals surface area contributed by atoms with Gasteiger partial charge in [-0.15, -0.1) is 0 Å². The van der Waals surface area contributed by atoms with Crippen molar-refractivity contribution in [2.24, 2.45) is 23.5 Å². The molecule has 0 unspecified atom stereocenters. The van der Waals surface area contributed by atoms with E-state index >= 15 is 0 Å². The van der Waals surface area contributed by atoms with Gasteiger partial charge in [-0.3, -0.25) is 0 Å². The Morgan fingerprint density at radius 1 is 1.11 bits per heavy atom. The molecule has 2 aliphatic carbocycles. The quantitative estimate of drug-likeness (QED) is 0.563. The Morgan fingerprint density at radius 3 is 2.67 bits per heavy atom. The van der Waals surface area contributed by atoms with Crippen molar-refractivity contribution in [3.05, 3.63) is 0 Å². The zero-order valence-electron chi connectivity index (χ0n) is 5.84. The first-order valence-electron chi connectivity index (χ1n) is 4.10. The van der Waals surface area contributed by atoms with Crippen LogP contribution in [0.25, 0.3) is 0 Å². The van der Waals surface area contributed by atoms with Gasteiger partial charge in [0.05, 0.1) is 0 Å². The second kappa shape index (κ2) is 1.98. The van der Waals surface area contributed by atoms with Crippen LogP contribution in [0.5, 0.6) is 0 Å². The van der Waals surface area contributed by atoms with Crippen LogP contribution in [-0.2, 0) is 0 Å². The summed E-state index contributed by atoms with van der Waals surface area (Å²) >= 11 is 0. The lowest BCUT2D eigenvalue weighted by Crippen LogP contribution is -2.18. The summed E-state index contributed by atoms with van der Waals surface area (Å²) in [5.74, 6) is 3.12. The molecule has 1 heteroatoms. The number of hydrogen-bond acceptors (Lipinski definition) is 1. The van der Waals surface area contributed by atoms with Gasteiger partial charge in [-0.25, -0.2) is 0 Å². The van der Waals surface area contributed by atoms with Gasteiger partial charge in [-0.1, -0.05) is 0 Å². The van der Waals surface area contributed by atoms with Gasteiger partial charge in [0, 0.05) is 0 Å². The average molecular weight is 125 g/mol. The highest BCUT2D eigenvalue weighted by Gasteiger charge is 2.41. The normalized spacial score (nSPS) is 48.3. The van der Waals surface area contributed by atoms with Gasteiger partial charge in [-0.05, 0) is 50.0 Å². The summed E-state index contributed by atoms with van der Waals surface area (Å²) in [5, 5.41) is 0. The van der Waals surface area contributed by atoms with E-state index in [1.165, 1.54) is 25.7 Å². The van der Waals surface area contributed by atoms with Gasteiger partial charge in [-0.2, -0.15) is 0 Å². The molecule has 0 amide bonds. The van der Waals surface area contributed by atoms with Gasteiger partial charge in [0.2, 0.25) is 0 Å². The maximum Gasteiger partial charge on any atom is -0.00488 e. The Morgan fingerprint density at radius 2 is 2.00 bits per heavy atom. The standard InChI is InChI=1S/C8H15N/c9-5-6-1-2-7-4-8(7)3-6/h6-8H,1-5,9H2/t6-,7+,8-/m1/s1. The van der Waals surface area contributed by atoms with Crippen LogP contribution >= 0.6 is 0 Å². The summed E-state index contributed by atoms with van der Waals surface area (Å²) in [7, 11) is 0. The van der Waals surface area contributed by atoms with Crippen molar-refractivity contribution < 1.29 is 0 Å². The van der Waals surface area contributed by atoms with Gasteiger partial charge in [0.1, 0.15) is 0 Å². The molecule has 2 N–H and O–H groups in total. The Labute approximate surface area is 56.6 Å². The molecule has 1 nitrogen and oxygen atoms in total. The molecule has 3 atom stereocenters. The molecule has 0 aromatic heterocycles. The van der Waals surface area contributed by atoms with Crippen LogP contribution in [0.15, 0.2) is 0 Å². The molecule has 2 fully saturated rings. The lowest BCUT2D eigenvalue weighted by molar-refractivity contribution is 0.351. The summed E-state index contributed by atoms with van der Waals surface area (Å²) in [4.78, 5) is 0. The third-order valence-corrected chi connectivity index (χ3v) is 2.98. The van der Waals surface area contributed by atoms with Crippen molar-refractivity contribution in [1.29, 1.82) is 0 Å². The van der Waals surface area contributed by atoms with Gasteiger partial charge < -0.3 is 5.73 Å². The minimum Gasteiger partial charge on any atom is -0.330 e. The smallest absolute Gasteiger partial charge is 0.00488 e. The Hall–Kier alpha value is -0.0400. The van der Waals surface area contributed by atoms with Crippen LogP contribution in [0, 0.1) is 17.8 Å². The number of hydrogen-bond donors (Lipinski definition) is 1. The third kappa shape index (κ3) is 0.983. The summed E-state index contributed by atoms with van der Waals surface area (Å²) < 4.78 is 0. The maximum absolute atomic E-state index is 5.58. The largest absolute Gasteiger partial charge is 0.330 e. The molecule has 0 saturated heterocycles. The van der Waals surface area contributed by atoms with E-state index in [-0.39, 0.29) is 0 Å². The Balaban J connectivity index is 1.86. The molecule has 2 saturated carbocycles. The van der Waals surface area contributed by atoms with Crippen molar-refractivity contribution in [2.45, 2.75) is 25.7 Å². The number of nitrogens with two attached hydrogens (primary N) is 1. The molecule has 0 heterocycles. The van der Waals surface area contributed by atoms with Gasteiger partial charge >= 0.3 is 0 Å². The van der Waals surface area contributed by atoms with Gasteiger partial charge in [0.15, 0.2) is 0 Å². The molecule has 2 rings (SSSR count). The Bertz CT molecular complexity index is 111. The maximum atomic E-state index is 5.58. The molecule has 0 bridgehead atoms. The van der Waals surface area contributed by atoms with Crippen molar-refractivity contribution in [3.63, 3.8) is 0 Å². The molecule has 0 radical (unpaired) electrons.